The monoisotopic (exact) mass is 343 g/mol. The van der Waals surface area contributed by atoms with Gasteiger partial charge in [0.2, 0.25) is 0 Å². The zero-order valence-electron chi connectivity index (χ0n) is 12.7. The van der Waals surface area contributed by atoms with Crippen molar-refractivity contribution in [3.05, 3.63) is 39.4 Å². The lowest BCUT2D eigenvalue weighted by molar-refractivity contribution is -0.137. The van der Waals surface area contributed by atoms with Crippen LogP contribution in [0.15, 0.2) is 16.6 Å². The highest BCUT2D eigenvalue weighted by Gasteiger charge is 2.24. The molecule has 0 radical (unpaired) electrons. The molecule has 2 rings (SSSR count). The Bertz CT molecular complexity index is 697. The first kappa shape index (κ1) is 17.4. The maximum Gasteiger partial charge on any atom is 0.343 e. The quantitative estimate of drug-likeness (QED) is 0.289. The number of aliphatic hydroxyl groups is 1. The molecule has 0 bridgehead atoms. The molecule has 1 saturated carbocycles. The number of aliphatic imine (C=N–C) groups is 1. The molecule has 1 aliphatic rings. The third-order valence-electron chi connectivity index (χ3n) is 3.34. The number of benzene rings is 1. The molecule has 1 aliphatic carbocycles. The molecule has 23 heavy (non-hydrogen) atoms. The Balaban J connectivity index is 2.54. The first-order chi connectivity index (χ1) is 10.9. The molecule has 124 valence electrons. The van der Waals surface area contributed by atoms with Gasteiger partial charge in [0.1, 0.15) is 11.3 Å². The van der Waals surface area contributed by atoms with Crippen molar-refractivity contribution in [2.75, 3.05) is 6.61 Å². The van der Waals surface area contributed by atoms with Crippen molar-refractivity contribution >= 4 is 29.5 Å². The van der Waals surface area contributed by atoms with Crippen LogP contribution < -0.4 is 0 Å². The van der Waals surface area contributed by atoms with Crippen LogP contribution >= 0.6 is 11.6 Å². The molecule has 7 heteroatoms. The topological polar surface area (TPSA) is 58.9 Å². The summed E-state index contributed by atoms with van der Waals surface area (Å²) in [6, 6.07) is 0.846. The molecule has 1 fully saturated rings. The van der Waals surface area contributed by atoms with E-state index in [0.717, 1.165) is 18.9 Å². The van der Waals surface area contributed by atoms with Gasteiger partial charge in [0, 0.05) is 17.3 Å². The Labute approximate surface area is 137 Å². The van der Waals surface area contributed by atoms with Crippen LogP contribution in [0.1, 0.15) is 30.9 Å². The van der Waals surface area contributed by atoms with Gasteiger partial charge in [0.25, 0.3) is 0 Å². The lowest BCUT2D eigenvalue weighted by Crippen LogP contribution is -2.12. The number of ether oxygens (including phenoxy) is 1. The first-order valence-electron chi connectivity index (χ1n) is 7.14. The van der Waals surface area contributed by atoms with Crippen LogP contribution in [0.2, 0.25) is 5.02 Å². The highest BCUT2D eigenvalue weighted by molar-refractivity contribution is 6.33. The molecule has 0 aliphatic heterocycles. The predicted octanol–water partition coefficient (Wildman–Crippen LogP) is 3.99. The lowest BCUT2D eigenvalue weighted by Gasteiger charge is -2.11. The van der Waals surface area contributed by atoms with Crippen LogP contribution in [0.4, 0.5) is 8.78 Å². The van der Waals surface area contributed by atoms with Crippen LogP contribution in [0.5, 0.6) is 0 Å². The lowest BCUT2D eigenvalue weighted by atomic mass is 10.1. The maximum absolute atomic E-state index is 13.6. The SMILES string of the molecule is CCOC(=O)C(C=NC1CC1)=C(O)c1cc(F)c(F)c(C)c1Cl. The molecule has 0 heterocycles. The van der Waals surface area contributed by atoms with Gasteiger partial charge in [-0.3, -0.25) is 4.99 Å². The van der Waals surface area contributed by atoms with E-state index in [-0.39, 0.29) is 34.4 Å². The maximum atomic E-state index is 13.6. The molecule has 1 aromatic rings. The molecule has 0 spiro atoms. The van der Waals surface area contributed by atoms with E-state index in [0.29, 0.717) is 0 Å². The Hall–Kier alpha value is -1.95. The van der Waals surface area contributed by atoms with Crippen LogP contribution in [-0.2, 0) is 9.53 Å². The average Bonchev–Trinajstić information content (AvgIpc) is 3.33. The standard InChI is InChI=1S/C16H16ClF2NO3/c1-3-23-16(22)11(7-20-9-4-5-9)15(21)10-6-12(18)14(19)8(2)13(10)17/h6-7,9,21H,3-5H2,1-2H3. The minimum absolute atomic E-state index is 0.0947. The third kappa shape index (κ3) is 3.88. The van der Waals surface area contributed by atoms with E-state index in [1.807, 2.05) is 0 Å². The van der Waals surface area contributed by atoms with Crippen LogP contribution in [0.25, 0.3) is 5.76 Å². The second-order valence-corrected chi connectivity index (χ2v) is 5.53. The van der Waals surface area contributed by atoms with Gasteiger partial charge in [0.05, 0.1) is 17.7 Å². The van der Waals surface area contributed by atoms with Crippen molar-refractivity contribution < 1.29 is 23.4 Å². The van der Waals surface area contributed by atoms with Crippen molar-refractivity contribution in [3.8, 4) is 0 Å². The fourth-order valence-corrected chi connectivity index (χ4v) is 2.10. The molecular weight excluding hydrogens is 328 g/mol. The number of esters is 1. The van der Waals surface area contributed by atoms with E-state index in [4.69, 9.17) is 16.3 Å². The predicted molar refractivity (Wildman–Crippen MR) is 83.8 cm³/mol. The van der Waals surface area contributed by atoms with Gasteiger partial charge in [-0.15, -0.1) is 0 Å². The highest BCUT2D eigenvalue weighted by Crippen LogP contribution is 2.31. The highest BCUT2D eigenvalue weighted by atomic mass is 35.5. The Morgan fingerprint density at radius 3 is 2.74 bits per heavy atom. The van der Waals surface area contributed by atoms with E-state index in [9.17, 15) is 18.7 Å². The molecular formula is C16H16ClF2NO3. The largest absolute Gasteiger partial charge is 0.506 e. The van der Waals surface area contributed by atoms with Crippen molar-refractivity contribution in [2.24, 2.45) is 4.99 Å². The molecule has 0 saturated heterocycles. The molecule has 1 aromatic carbocycles. The van der Waals surface area contributed by atoms with E-state index in [2.05, 4.69) is 4.99 Å². The first-order valence-corrected chi connectivity index (χ1v) is 7.52. The number of carbonyl (C=O) groups excluding carboxylic acids is 1. The Morgan fingerprint density at radius 2 is 2.17 bits per heavy atom. The number of halogens is 3. The van der Waals surface area contributed by atoms with Crippen molar-refractivity contribution in [3.63, 3.8) is 0 Å². The molecule has 1 N–H and O–H groups in total. The zero-order chi connectivity index (χ0) is 17.1. The van der Waals surface area contributed by atoms with Crippen molar-refractivity contribution in [2.45, 2.75) is 32.7 Å². The van der Waals surface area contributed by atoms with Gasteiger partial charge < -0.3 is 9.84 Å². The normalized spacial score (nSPS) is 15.7. The van der Waals surface area contributed by atoms with Crippen LogP contribution in [-0.4, -0.2) is 29.9 Å². The number of carbonyl (C=O) groups is 1. The smallest absolute Gasteiger partial charge is 0.343 e. The van der Waals surface area contributed by atoms with Crippen LogP contribution in [0, 0.1) is 18.6 Å². The molecule has 0 aromatic heterocycles. The Morgan fingerprint density at radius 1 is 1.52 bits per heavy atom. The van der Waals surface area contributed by atoms with E-state index < -0.39 is 23.4 Å². The number of hydrogen-bond donors (Lipinski definition) is 1. The molecule has 0 atom stereocenters. The summed E-state index contributed by atoms with van der Waals surface area (Å²) in [5.74, 6) is -3.68. The average molecular weight is 344 g/mol. The summed E-state index contributed by atoms with van der Waals surface area (Å²) >= 11 is 5.97. The van der Waals surface area contributed by atoms with Gasteiger partial charge in [0.15, 0.2) is 11.6 Å². The zero-order valence-corrected chi connectivity index (χ0v) is 13.5. The van der Waals surface area contributed by atoms with Gasteiger partial charge in [-0.2, -0.15) is 0 Å². The molecule has 0 unspecified atom stereocenters. The minimum Gasteiger partial charge on any atom is -0.506 e. The number of aliphatic hydroxyl groups excluding tert-OH is 1. The molecule has 0 amide bonds. The van der Waals surface area contributed by atoms with Gasteiger partial charge in [-0.05, 0) is 32.8 Å². The van der Waals surface area contributed by atoms with E-state index in [1.165, 1.54) is 13.1 Å². The second kappa shape index (κ2) is 7.08. The minimum atomic E-state index is -1.17. The van der Waals surface area contributed by atoms with Crippen molar-refractivity contribution in [1.29, 1.82) is 0 Å². The summed E-state index contributed by atoms with van der Waals surface area (Å²) in [5.41, 5.74) is -0.588. The van der Waals surface area contributed by atoms with Gasteiger partial charge in [-0.1, -0.05) is 11.6 Å². The van der Waals surface area contributed by atoms with Crippen LogP contribution in [0.3, 0.4) is 0 Å². The Kier molecular flexibility index (Phi) is 5.36. The summed E-state index contributed by atoms with van der Waals surface area (Å²) < 4.78 is 32.0. The van der Waals surface area contributed by atoms with Gasteiger partial charge >= 0.3 is 5.97 Å². The van der Waals surface area contributed by atoms with E-state index >= 15 is 0 Å². The van der Waals surface area contributed by atoms with Gasteiger partial charge in [-0.25, -0.2) is 13.6 Å². The summed E-state index contributed by atoms with van der Waals surface area (Å²) in [4.78, 5) is 16.1. The molecule has 4 nitrogen and oxygen atoms in total. The number of hydrogen-bond acceptors (Lipinski definition) is 4. The van der Waals surface area contributed by atoms with Crippen molar-refractivity contribution in [1.82, 2.24) is 0 Å². The fourth-order valence-electron chi connectivity index (χ4n) is 1.87. The second-order valence-electron chi connectivity index (χ2n) is 5.15. The summed E-state index contributed by atoms with van der Waals surface area (Å²) in [6.45, 7) is 2.98. The van der Waals surface area contributed by atoms with E-state index in [1.54, 1.807) is 6.92 Å². The summed E-state index contributed by atoms with van der Waals surface area (Å²) in [7, 11) is 0. The fraction of sp³-hybridized carbons (Fsp3) is 0.375. The summed E-state index contributed by atoms with van der Waals surface area (Å²) in [6.07, 6.45) is 2.99. The number of nitrogens with zero attached hydrogens (tertiary/aromatic N) is 1. The number of rotatable bonds is 5. The summed E-state index contributed by atoms with van der Waals surface area (Å²) in [5, 5.41) is 10.2. The third-order valence-corrected chi connectivity index (χ3v) is 3.83.